The van der Waals surface area contributed by atoms with Crippen LogP contribution < -0.4 is 10.6 Å². The fourth-order valence-corrected chi connectivity index (χ4v) is 7.11. The zero-order chi connectivity index (χ0) is 32.6. The minimum absolute atomic E-state index is 0.115. The normalized spacial score (nSPS) is 16.0. The molecule has 2 atom stereocenters. The van der Waals surface area contributed by atoms with Crippen molar-refractivity contribution in [2.24, 2.45) is 4.99 Å². The van der Waals surface area contributed by atoms with E-state index in [1.165, 1.54) is 49.5 Å². The number of hydrogen-bond donors (Lipinski definition) is 3. The second kappa shape index (κ2) is 12.4. The number of aromatic amines is 1. The van der Waals surface area contributed by atoms with E-state index in [9.17, 15) is 0 Å². The monoisotopic (exact) mass is 630 g/mol. The highest BCUT2D eigenvalue weighted by molar-refractivity contribution is 6.04. The molecule has 4 nitrogen and oxygen atoms in total. The molecule has 3 N–H and O–H groups in total. The molecular formula is C45H34N4. The highest BCUT2D eigenvalue weighted by Crippen LogP contribution is 2.40. The quantitative estimate of drug-likeness (QED) is 0.171. The first-order chi connectivity index (χ1) is 24.3. The van der Waals surface area contributed by atoms with Gasteiger partial charge in [0, 0.05) is 22.7 Å². The third-order valence-electron chi connectivity index (χ3n) is 9.59. The topological polar surface area (TPSA) is 52.2 Å². The smallest absolute Gasteiger partial charge is 0.131 e. The summed E-state index contributed by atoms with van der Waals surface area (Å²) in [6.07, 6.45) is 1.72. The molecule has 0 bridgehead atoms. The number of nitrogens with zero attached hydrogens (tertiary/aromatic N) is 1. The van der Waals surface area contributed by atoms with Gasteiger partial charge in [-0.15, -0.1) is 0 Å². The summed E-state index contributed by atoms with van der Waals surface area (Å²) in [6.45, 7) is 0. The molecule has 1 aliphatic rings. The minimum Gasteiger partial charge on any atom is -0.361 e. The first-order valence-corrected chi connectivity index (χ1v) is 16.8. The molecule has 8 aromatic rings. The maximum atomic E-state index is 5.07. The molecule has 1 aromatic heterocycles. The molecule has 0 fully saturated rings. The van der Waals surface area contributed by atoms with Crippen LogP contribution >= 0.6 is 0 Å². The van der Waals surface area contributed by atoms with Gasteiger partial charge in [0.1, 0.15) is 18.2 Å². The van der Waals surface area contributed by atoms with Gasteiger partial charge in [-0.25, -0.2) is 4.99 Å². The highest BCUT2D eigenvalue weighted by Gasteiger charge is 2.25. The summed E-state index contributed by atoms with van der Waals surface area (Å²) in [5.41, 5.74) is 11.8. The molecule has 1 aliphatic heterocycles. The Balaban J connectivity index is 1.08. The number of hydrogen-bond acceptors (Lipinski definition) is 3. The lowest BCUT2D eigenvalue weighted by molar-refractivity contribution is 0.409. The largest absolute Gasteiger partial charge is 0.361 e. The van der Waals surface area contributed by atoms with Crippen LogP contribution in [-0.2, 0) is 0 Å². The Morgan fingerprint density at radius 1 is 0.449 bits per heavy atom. The second-order valence-electron chi connectivity index (χ2n) is 12.6. The van der Waals surface area contributed by atoms with E-state index in [2.05, 4.69) is 173 Å². The Hall–Kier alpha value is -6.23. The van der Waals surface area contributed by atoms with Crippen molar-refractivity contribution < 1.29 is 0 Å². The Labute approximate surface area is 285 Å². The number of aliphatic imine (C=N–C) groups is 1. The van der Waals surface area contributed by atoms with Crippen LogP contribution in [0.5, 0.6) is 0 Å². The van der Waals surface area contributed by atoms with Crippen LogP contribution in [0, 0.1) is 0 Å². The third kappa shape index (κ3) is 5.48. The predicted octanol–water partition coefficient (Wildman–Crippen LogP) is 10.7. The van der Waals surface area contributed by atoms with Crippen LogP contribution in [0.15, 0.2) is 181 Å². The van der Waals surface area contributed by atoms with Gasteiger partial charge in [-0.3, -0.25) is 5.32 Å². The lowest BCUT2D eigenvalue weighted by atomic mass is 9.88. The second-order valence-corrected chi connectivity index (χ2v) is 12.6. The summed E-state index contributed by atoms with van der Waals surface area (Å²) >= 11 is 0. The number of H-pyrrole nitrogens is 1. The summed E-state index contributed by atoms with van der Waals surface area (Å²) < 4.78 is 0. The average molecular weight is 631 g/mol. The Morgan fingerprint density at radius 2 is 1.14 bits per heavy atom. The molecule has 0 saturated carbocycles. The van der Waals surface area contributed by atoms with Gasteiger partial charge in [0.25, 0.3) is 0 Å². The number of nitrogens with one attached hydrogen (secondary N) is 3. The van der Waals surface area contributed by atoms with Crippen molar-refractivity contribution in [3.63, 3.8) is 0 Å². The highest BCUT2D eigenvalue weighted by atomic mass is 15.3. The molecular weight excluding hydrogens is 597 g/mol. The minimum atomic E-state index is -0.167. The molecule has 0 saturated heterocycles. The van der Waals surface area contributed by atoms with Crippen molar-refractivity contribution in [3.8, 4) is 33.4 Å². The molecule has 4 heteroatoms. The molecule has 0 amide bonds. The number of aromatic nitrogens is 1. The average Bonchev–Trinajstić information content (AvgIpc) is 3.68. The first-order valence-electron chi connectivity index (χ1n) is 16.8. The zero-order valence-corrected chi connectivity index (χ0v) is 26.8. The molecule has 2 heterocycles. The van der Waals surface area contributed by atoms with Crippen LogP contribution in [0.2, 0.25) is 0 Å². The first kappa shape index (κ1) is 29.0. The molecule has 7 aromatic carbocycles. The zero-order valence-electron chi connectivity index (χ0n) is 26.8. The van der Waals surface area contributed by atoms with Crippen molar-refractivity contribution in [1.82, 2.24) is 15.6 Å². The number of fused-ring (bicyclic) bond motifs is 2. The van der Waals surface area contributed by atoms with Crippen LogP contribution in [0.3, 0.4) is 0 Å². The predicted molar refractivity (Wildman–Crippen MR) is 203 cm³/mol. The summed E-state index contributed by atoms with van der Waals surface area (Å²) in [4.78, 5) is 8.41. The fraction of sp³-hybridized carbons (Fsp3) is 0.0444. The van der Waals surface area contributed by atoms with E-state index >= 15 is 0 Å². The molecule has 0 radical (unpaired) electrons. The van der Waals surface area contributed by atoms with Crippen LogP contribution in [0.4, 0.5) is 0 Å². The molecule has 49 heavy (non-hydrogen) atoms. The molecule has 0 aliphatic carbocycles. The van der Waals surface area contributed by atoms with Gasteiger partial charge in [0.15, 0.2) is 0 Å². The van der Waals surface area contributed by atoms with E-state index in [1.54, 1.807) is 0 Å². The molecule has 234 valence electrons. The van der Waals surface area contributed by atoms with E-state index in [0.717, 1.165) is 28.0 Å². The van der Waals surface area contributed by atoms with E-state index in [-0.39, 0.29) is 12.3 Å². The fourth-order valence-electron chi connectivity index (χ4n) is 7.11. The van der Waals surface area contributed by atoms with Crippen LogP contribution in [-0.4, -0.2) is 10.8 Å². The summed E-state index contributed by atoms with van der Waals surface area (Å²) in [7, 11) is 0. The Kier molecular flexibility index (Phi) is 7.34. The van der Waals surface area contributed by atoms with Crippen molar-refractivity contribution in [3.05, 3.63) is 193 Å². The van der Waals surface area contributed by atoms with Crippen LogP contribution in [0.25, 0.3) is 55.1 Å². The number of rotatable bonds is 6. The van der Waals surface area contributed by atoms with E-state index in [4.69, 9.17) is 4.99 Å². The van der Waals surface area contributed by atoms with Gasteiger partial charge in [0.2, 0.25) is 0 Å². The van der Waals surface area contributed by atoms with E-state index in [1.807, 2.05) is 18.3 Å². The van der Waals surface area contributed by atoms with Gasteiger partial charge in [-0.05, 0) is 67.4 Å². The summed E-state index contributed by atoms with van der Waals surface area (Å²) in [5.74, 6) is 0.884. The van der Waals surface area contributed by atoms with E-state index in [0.29, 0.717) is 0 Å². The van der Waals surface area contributed by atoms with Gasteiger partial charge in [-0.1, -0.05) is 158 Å². The maximum Gasteiger partial charge on any atom is 0.131 e. The third-order valence-corrected chi connectivity index (χ3v) is 9.59. The van der Waals surface area contributed by atoms with Crippen molar-refractivity contribution in [1.29, 1.82) is 0 Å². The van der Waals surface area contributed by atoms with Gasteiger partial charge in [-0.2, -0.15) is 0 Å². The summed E-state index contributed by atoms with van der Waals surface area (Å²) in [6, 6.07) is 60.6. The Bertz CT molecular complexity index is 2430. The SMILES string of the molecule is c1ccc(C2=NC(c3ccccc3)NC(c3ccc(-c4c(-c5ccc(-c6cccc7[nH]ccc67)cc5)ccc5ccccc45)cc3)N2)cc1. The molecule has 9 rings (SSSR count). The Morgan fingerprint density at radius 3 is 1.94 bits per heavy atom. The maximum absolute atomic E-state index is 5.07. The number of amidine groups is 1. The molecule has 2 unspecified atom stereocenters. The van der Waals surface area contributed by atoms with Crippen molar-refractivity contribution >= 4 is 27.5 Å². The van der Waals surface area contributed by atoms with E-state index < -0.39 is 0 Å². The molecule has 0 spiro atoms. The number of benzene rings is 7. The van der Waals surface area contributed by atoms with Gasteiger partial charge >= 0.3 is 0 Å². The lowest BCUT2D eigenvalue weighted by Crippen LogP contribution is -2.44. The van der Waals surface area contributed by atoms with Gasteiger partial charge < -0.3 is 10.3 Å². The van der Waals surface area contributed by atoms with Gasteiger partial charge in [0.05, 0.1) is 0 Å². The van der Waals surface area contributed by atoms with Crippen LogP contribution in [0.1, 0.15) is 29.0 Å². The van der Waals surface area contributed by atoms with Crippen molar-refractivity contribution in [2.45, 2.75) is 12.3 Å². The van der Waals surface area contributed by atoms with Crippen molar-refractivity contribution in [2.75, 3.05) is 0 Å². The lowest BCUT2D eigenvalue weighted by Gasteiger charge is -2.32. The summed E-state index contributed by atoms with van der Waals surface area (Å²) in [5, 5.41) is 11.1. The standard InChI is InChI=1S/C45H34N4/c1-3-11-34(12-4-1)43-47-44(35-13-5-2-6-14-35)49-45(48-43)36-24-22-33(23-25-36)42-38-15-8-7-10-30(38)26-27-39(42)32-20-18-31(19-21-32)37-16-9-17-41-40(37)28-29-46-41/h1-29,43,45-46,48H,(H,47,49).